The van der Waals surface area contributed by atoms with Crippen molar-refractivity contribution in [2.75, 3.05) is 0 Å². The number of rotatable bonds is 0. The van der Waals surface area contributed by atoms with E-state index in [9.17, 15) is 9.90 Å². The second-order valence-corrected chi connectivity index (χ2v) is 2.24. The number of nitrogens with zero attached hydrogens (tertiary/aromatic N) is 1. The summed E-state index contributed by atoms with van der Waals surface area (Å²) >= 11 is 2.85. The molecule has 1 aromatic heterocycles. The zero-order valence-corrected chi connectivity index (χ0v) is 5.81. The molecule has 1 rings (SSSR count). The lowest BCUT2D eigenvalue weighted by Gasteiger charge is -2.01. The Labute approximate surface area is 58.7 Å². The summed E-state index contributed by atoms with van der Waals surface area (Å²) in [6.45, 7) is 0. The van der Waals surface area contributed by atoms with Gasteiger partial charge >= 0.3 is 0 Å². The predicted octanol–water partition coefficient (Wildman–Crippen LogP) is -0.394. The Hall–Kier alpha value is -0.840. The van der Waals surface area contributed by atoms with Gasteiger partial charge in [-0.1, -0.05) is 0 Å². The van der Waals surface area contributed by atoms with Gasteiger partial charge in [0.2, 0.25) is 0 Å². The quantitative estimate of drug-likeness (QED) is 0.605. The van der Waals surface area contributed by atoms with Crippen molar-refractivity contribution in [1.29, 1.82) is 0 Å². The van der Waals surface area contributed by atoms with E-state index in [1.54, 1.807) is 0 Å². The molecule has 0 aliphatic heterocycles. The van der Waals surface area contributed by atoms with Gasteiger partial charge in [0, 0.05) is 16.4 Å². The lowest BCUT2D eigenvalue weighted by atomic mass is 10.6. The minimum absolute atomic E-state index is 0.186. The predicted molar refractivity (Wildman–Crippen MR) is 32.0 cm³/mol. The number of nitrogens with one attached hydrogen (secondary N) is 1. The Bertz CT molecular complexity index is 270. The Morgan fingerprint density at radius 2 is 2.44 bits per heavy atom. The van der Waals surface area contributed by atoms with E-state index in [0.717, 1.165) is 6.07 Å². The first-order valence-electron chi connectivity index (χ1n) is 2.12. The van der Waals surface area contributed by atoms with Crippen molar-refractivity contribution in [1.82, 2.24) is 10.2 Å². The maximum Gasteiger partial charge on any atom is 0.265 e. The molecule has 0 saturated heterocycles. The summed E-state index contributed by atoms with van der Waals surface area (Å²) in [6.07, 6.45) is 0. The van der Waals surface area contributed by atoms with E-state index in [-0.39, 0.29) is 10.0 Å². The molecule has 0 unspecified atom stereocenters. The third-order valence-corrected chi connectivity index (χ3v) is 1.30. The Morgan fingerprint density at radius 3 is 2.89 bits per heavy atom. The summed E-state index contributed by atoms with van der Waals surface area (Å²) < 4.78 is 0.186. The number of aromatic amines is 1. The third-order valence-electron chi connectivity index (χ3n) is 0.730. The minimum atomic E-state index is -0.463. The maximum absolute atomic E-state index is 10.4. The van der Waals surface area contributed by atoms with Crippen molar-refractivity contribution < 1.29 is 5.11 Å². The maximum atomic E-state index is 10.4. The summed E-state index contributed by atoms with van der Waals surface area (Å²) in [5, 5.41) is 15.6. The molecule has 1 aromatic rings. The number of halogens is 1. The van der Waals surface area contributed by atoms with E-state index in [2.05, 4.69) is 21.0 Å². The second-order valence-electron chi connectivity index (χ2n) is 1.39. The van der Waals surface area contributed by atoms with Gasteiger partial charge in [-0.2, -0.15) is 5.10 Å². The molecule has 0 saturated carbocycles. The number of hydrogen-bond donors (Lipinski definition) is 1. The van der Waals surface area contributed by atoms with Crippen LogP contribution in [-0.2, 0) is 0 Å². The molecule has 4 nitrogen and oxygen atoms in total. The van der Waals surface area contributed by atoms with Crippen LogP contribution < -0.4 is 10.7 Å². The van der Waals surface area contributed by atoms with E-state index in [0.29, 0.717) is 0 Å². The van der Waals surface area contributed by atoms with Crippen LogP contribution in [0.3, 0.4) is 0 Å². The fourth-order valence-corrected chi connectivity index (χ4v) is 0.665. The van der Waals surface area contributed by atoms with Crippen LogP contribution in [0, 0.1) is 0 Å². The summed E-state index contributed by atoms with van der Waals surface area (Å²) in [5.41, 5.74) is -0.388. The van der Waals surface area contributed by atoms with Crippen LogP contribution in [0.1, 0.15) is 0 Å². The highest BCUT2D eigenvalue weighted by molar-refractivity contribution is 9.10. The van der Waals surface area contributed by atoms with Crippen LogP contribution in [0.4, 0.5) is 0 Å². The summed E-state index contributed by atoms with van der Waals surface area (Å²) in [4.78, 5) is 10.4. The van der Waals surface area contributed by atoms with Crippen molar-refractivity contribution in [3.8, 4) is 5.88 Å². The monoisotopic (exact) mass is 189 g/mol. The molecular weight excluding hydrogens is 188 g/mol. The van der Waals surface area contributed by atoms with E-state index in [1.165, 1.54) is 0 Å². The molecule has 48 valence electrons. The average Bonchev–Trinajstić information content (AvgIpc) is 1.80. The molecular formula is C4H2BrN2O2-. The summed E-state index contributed by atoms with van der Waals surface area (Å²) in [7, 11) is 0. The second kappa shape index (κ2) is 2.18. The van der Waals surface area contributed by atoms with E-state index >= 15 is 0 Å². The van der Waals surface area contributed by atoms with E-state index in [1.807, 2.05) is 5.10 Å². The van der Waals surface area contributed by atoms with Crippen molar-refractivity contribution in [2.45, 2.75) is 0 Å². The van der Waals surface area contributed by atoms with Crippen LogP contribution in [0.5, 0.6) is 5.88 Å². The lowest BCUT2D eigenvalue weighted by Crippen LogP contribution is -2.09. The lowest BCUT2D eigenvalue weighted by molar-refractivity contribution is -0.277. The topological polar surface area (TPSA) is 68.8 Å². The smallest absolute Gasteiger partial charge is 0.265 e. The van der Waals surface area contributed by atoms with Crippen LogP contribution in [0.2, 0.25) is 0 Å². The fourth-order valence-electron chi connectivity index (χ4n) is 0.368. The van der Waals surface area contributed by atoms with Gasteiger partial charge in [-0.05, 0) is 15.9 Å². The molecule has 0 amide bonds. The molecule has 9 heavy (non-hydrogen) atoms. The van der Waals surface area contributed by atoms with Crippen molar-refractivity contribution in [2.24, 2.45) is 0 Å². The standard InChI is InChI=1S/C4H3BrN2O2/c5-2-1-3(8)6-7-4(2)9/h1H,(H,6,8)(H,7,9)/p-1. The molecule has 0 aliphatic carbocycles. The minimum Gasteiger partial charge on any atom is -0.857 e. The molecule has 0 radical (unpaired) electrons. The molecule has 0 bridgehead atoms. The Balaban J connectivity index is 3.34. The van der Waals surface area contributed by atoms with Crippen LogP contribution in [0.25, 0.3) is 0 Å². The van der Waals surface area contributed by atoms with Crippen molar-refractivity contribution in [3.05, 3.63) is 20.9 Å². The van der Waals surface area contributed by atoms with Gasteiger partial charge in [-0.3, -0.25) is 4.79 Å². The summed E-state index contributed by atoms with van der Waals surface area (Å²) in [6, 6.07) is 1.13. The molecule has 5 heteroatoms. The normalized spacial score (nSPS) is 9.44. The van der Waals surface area contributed by atoms with Gasteiger partial charge < -0.3 is 5.11 Å². The van der Waals surface area contributed by atoms with Gasteiger partial charge in [0.15, 0.2) is 0 Å². The largest absolute Gasteiger partial charge is 0.857 e. The van der Waals surface area contributed by atoms with Gasteiger partial charge in [0.1, 0.15) is 0 Å². The SMILES string of the molecule is O=c1cc(Br)c([O-])n[nH]1. The number of aromatic nitrogens is 2. The molecule has 0 aliphatic rings. The highest BCUT2D eigenvalue weighted by Crippen LogP contribution is 2.12. The molecule has 0 atom stereocenters. The van der Waals surface area contributed by atoms with Gasteiger partial charge in [0.05, 0.1) is 0 Å². The molecule has 0 spiro atoms. The van der Waals surface area contributed by atoms with Gasteiger partial charge in [-0.15, -0.1) is 0 Å². The average molecular weight is 190 g/mol. The van der Waals surface area contributed by atoms with E-state index in [4.69, 9.17) is 0 Å². The van der Waals surface area contributed by atoms with Crippen LogP contribution in [0.15, 0.2) is 15.3 Å². The van der Waals surface area contributed by atoms with Crippen LogP contribution in [-0.4, -0.2) is 10.2 Å². The third kappa shape index (κ3) is 1.29. The van der Waals surface area contributed by atoms with E-state index < -0.39 is 5.88 Å². The first-order valence-corrected chi connectivity index (χ1v) is 2.91. The van der Waals surface area contributed by atoms with Gasteiger partial charge in [0.25, 0.3) is 5.56 Å². The Morgan fingerprint density at radius 1 is 1.78 bits per heavy atom. The molecule has 1 N–H and O–H groups in total. The highest BCUT2D eigenvalue weighted by atomic mass is 79.9. The highest BCUT2D eigenvalue weighted by Gasteiger charge is 1.88. The number of H-pyrrole nitrogens is 1. The number of hydrogen-bond acceptors (Lipinski definition) is 3. The van der Waals surface area contributed by atoms with Crippen LogP contribution >= 0.6 is 15.9 Å². The van der Waals surface area contributed by atoms with Gasteiger partial charge in [-0.25, -0.2) is 5.10 Å². The fraction of sp³-hybridized carbons (Fsp3) is 0. The summed E-state index contributed by atoms with van der Waals surface area (Å²) in [5.74, 6) is -0.463. The Kier molecular flexibility index (Phi) is 1.52. The van der Waals surface area contributed by atoms with Crippen molar-refractivity contribution >= 4 is 15.9 Å². The van der Waals surface area contributed by atoms with Crippen molar-refractivity contribution in [3.63, 3.8) is 0 Å². The molecule has 0 aromatic carbocycles. The molecule has 0 fully saturated rings. The zero-order chi connectivity index (χ0) is 6.85. The zero-order valence-electron chi connectivity index (χ0n) is 4.22. The molecule has 1 heterocycles. The first kappa shape index (κ1) is 6.28. The first-order chi connectivity index (χ1) is 4.20.